The molecule has 9 heteroatoms. The fourth-order valence-electron chi connectivity index (χ4n) is 2.37. The van der Waals surface area contributed by atoms with E-state index < -0.39 is 17.5 Å². The second kappa shape index (κ2) is 7.01. The number of phenolic OH excluding ortho intramolecular Hbond substituents is 1. The van der Waals surface area contributed by atoms with Gasteiger partial charge in [0.15, 0.2) is 11.5 Å². The molecule has 0 spiro atoms. The van der Waals surface area contributed by atoms with E-state index >= 15 is 0 Å². The topological polar surface area (TPSA) is 93.6 Å². The minimum Gasteiger partial charge on any atom is -0.506 e. The number of phenols is 1. The number of benzene rings is 2. The number of hydrogen-bond acceptors (Lipinski definition) is 6. The molecule has 0 aliphatic rings. The van der Waals surface area contributed by atoms with Gasteiger partial charge in [0.25, 0.3) is 5.91 Å². The molecule has 3 aromatic rings. The summed E-state index contributed by atoms with van der Waals surface area (Å²) in [4.78, 5) is 20.5. The van der Waals surface area contributed by atoms with E-state index in [1.807, 2.05) is 0 Å². The number of amides is 1. The third kappa shape index (κ3) is 3.18. The Balaban J connectivity index is 2.03. The van der Waals surface area contributed by atoms with Gasteiger partial charge in [-0.25, -0.2) is 14.4 Å². The van der Waals surface area contributed by atoms with Crippen molar-refractivity contribution in [3.05, 3.63) is 47.0 Å². The number of hydrogen-bond donors (Lipinski definition) is 2. The second-order valence-corrected chi connectivity index (χ2v) is 5.59. The number of methoxy groups -OCH3 is 2. The van der Waals surface area contributed by atoms with Crippen molar-refractivity contribution in [1.29, 1.82) is 0 Å². The molecule has 0 unspecified atom stereocenters. The summed E-state index contributed by atoms with van der Waals surface area (Å²) in [6, 6.07) is 5.03. The van der Waals surface area contributed by atoms with Gasteiger partial charge in [0.05, 0.1) is 30.3 Å². The number of carbonyl (C=O) groups is 1. The molecule has 3 rings (SSSR count). The predicted molar refractivity (Wildman–Crippen MR) is 93.7 cm³/mol. The maximum absolute atomic E-state index is 14.0. The molecule has 134 valence electrons. The van der Waals surface area contributed by atoms with Gasteiger partial charge in [-0.05, 0) is 18.2 Å². The zero-order valence-corrected chi connectivity index (χ0v) is 14.5. The van der Waals surface area contributed by atoms with Crippen LogP contribution in [0.5, 0.6) is 17.2 Å². The summed E-state index contributed by atoms with van der Waals surface area (Å²) in [5.74, 6) is -1.05. The van der Waals surface area contributed by atoms with Gasteiger partial charge in [-0.15, -0.1) is 0 Å². The van der Waals surface area contributed by atoms with Gasteiger partial charge in [-0.1, -0.05) is 11.6 Å². The fraction of sp³-hybridized carbons (Fsp3) is 0.118. The van der Waals surface area contributed by atoms with E-state index in [0.29, 0.717) is 22.4 Å². The van der Waals surface area contributed by atoms with Gasteiger partial charge in [0.2, 0.25) is 0 Å². The molecule has 0 saturated heterocycles. The highest BCUT2D eigenvalue weighted by atomic mass is 35.5. The first-order chi connectivity index (χ1) is 12.4. The summed E-state index contributed by atoms with van der Waals surface area (Å²) in [6.45, 7) is 0. The molecule has 0 bridgehead atoms. The van der Waals surface area contributed by atoms with Crippen LogP contribution in [0.4, 0.5) is 10.2 Å². The number of anilines is 1. The van der Waals surface area contributed by atoms with Crippen LogP contribution in [-0.2, 0) is 0 Å². The van der Waals surface area contributed by atoms with Crippen LogP contribution in [0.1, 0.15) is 10.4 Å². The van der Waals surface area contributed by atoms with Crippen molar-refractivity contribution in [2.45, 2.75) is 0 Å². The quantitative estimate of drug-likeness (QED) is 0.723. The van der Waals surface area contributed by atoms with Crippen molar-refractivity contribution in [2.24, 2.45) is 0 Å². The molecular weight excluding hydrogens is 365 g/mol. The number of ether oxygens (including phenoxy) is 2. The van der Waals surface area contributed by atoms with E-state index in [9.17, 15) is 14.3 Å². The standard InChI is InChI=1S/C17H13ClFN3O4/c1-25-14-4-9-12(6-15(14)26-2)20-7-21-16(9)22-17(24)8-3-13(23)10(18)5-11(8)19/h3-7,23H,1-2H3,(H,20,21,22,24). The molecule has 0 fully saturated rings. The van der Waals surface area contributed by atoms with Crippen molar-refractivity contribution in [3.8, 4) is 17.2 Å². The Hall–Kier alpha value is -3.13. The van der Waals surface area contributed by atoms with E-state index in [0.717, 1.165) is 12.1 Å². The fourth-order valence-corrected chi connectivity index (χ4v) is 2.52. The lowest BCUT2D eigenvalue weighted by Crippen LogP contribution is -2.15. The summed E-state index contributed by atoms with van der Waals surface area (Å²) in [6.07, 6.45) is 1.25. The normalized spacial score (nSPS) is 10.6. The number of carbonyl (C=O) groups excluding carboxylic acids is 1. The first-order valence-corrected chi connectivity index (χ1v) is 7.68. The highest BCUT2D eigenvalue weighted by Gasteiger charge is 2.18. The van der Waals surface area contributed by atoms with Crippen LogP contribution in [0.2, 0.25) is 5.02 Å². The van der Waals surface area contributed by atoms with Crippen LogP contribution in [0.3, 0.4) is 0 Å². The third-order valence-corrected chi connectivity index (χ3v) is 3.96. The highest BCUT2D eigenvalue weighted by molar-refractivity contribution is 6.32. The van der Waals surface area contributed by atoms with Crippen LogP contribution in [0.15, 0.2) is 30.6 Å². The first-order valence-electron chi connectivity index (χ1n) is 7.30. The van der Waals surface area contributed by atoms with E-state index in [4.69, 9.17) is 21.1 Å². The number of rotatable bonds is 4. The number of nitrogens with one attached hydrogen (secondary N) is 1. The van der Waals surface area contributed by atoms with Gasteiger partial charge in [0.1, 0.15) is 23.7 Å². The lowest BCUT2D eigenvalue weighted by Gasteiger charge is -2.12. The Morgan fingerprint density at radius 2 is 1.85 bits per heavy atom. The zero-order valence-electron chi connectivity index (χ0n) is 13.7. The van der Waals surface area contributed by atoms with Crippen LogP contribution < -0.4 is 14.8 Å². The van der Waals surface area contributed by atoms with Crippen LogP contribution in [-0.4, -0.2) is 35.2 Å². The van der Waals surface area contributed by atoms with Crippen LogP contribution in [0, 0.1) is 5.82 Å². The number of halogens is 2. The van der Waals surface area contributed by atoms with E-state index in [1.165, 1.54) is 20.5 Å². The monoisotopic (exact) mass is 377 g/mol. The Kier molecular flexibility index (Phi) is 4.77. The van der Waals surface area contributed by atoms with Gasteiger partial charge in [-0.2, -0.15) is 0 Å². The number of fused-ring (bicyclic) bond motifs is 1. The predicted octanol–water partition coefficient (Wildman–Crippen LogP) is 3.40. The summed E-state index contributed by atoms with van der Waals surface area (Å²) >= 11 is 5.62. The average molecular weight is 378 g/mol. The van der Waals surface area contributed by atoms with Gasteiger partial charge < -0.3 is 19.9 Å². The largest absolute Gasteiger partial charge is 0.506 e. The van der Waals surface area contributed by atoms with Crippen molar-refractivity contribution in [1.82, 2.24) is 9.97 Å². The maximum Gasteiger partial charge on any atom is 0.259 e. The average Bonchev–Trinajstić information content (AvgIpc) is 2.63. The lowest BCUT2D eigenvalue weighted by molar-refractivity contribution is 0.102. The first kappa shape index (κ1) is 17.7. The van der Waals surface area contributed by atoms with Gasteiger partial charge in [0, 0.05) is 11.5 Å². The minimum absolute atomic E-state index is 0.148. The molecule has 26 heavy (non-hydrogen) atoms. The molecule has 0 atom stereocenters. The van der Waals surface area contributed by atoms with Crippen molar-refractivity contribution in [3.63, 3.8) is 0 Å². The molecule has 7 nitrogen and oxygen atoms in total. The Morgan fingerprint density at radius 3 is 2.54 bits per heavy atom. The number of aromatic nitrogens is 2. The smallest absolute Gasteiger partial charge is 0.259 e. The number of aromatic hydroxyl groups is 1. The maximum atomic E-state index is 14.0. The Morgan fingerprint density at radius 1 is 1.15 bits per heavy atom. The lowest BCUT2D eigenvalue weighted by atomic mass is 10.1. The van der Waals surface area contributed by atoms with Crippen LogP contribution in [0.25, 0.3) is 10.9 Å². The Labute approximate surface area is 152 Å². The molecule has 0 radical (unpaired) electrons. The Bertz CT molecular complexity index is 1010. The van der Waals surface area contributed by atoms with Crippen LogP contribution >= 0.6 is 11.6 Å². The highest BCUT2D eigenvalue weighted by Crippen LogP contribution is 2.34. The van der Waals surface area contributed by atoms with Crippen molar-refractivity contribution >= 4 is 34.2 Å². The van der Waals surface area contributed by atoms with Gasteiger partial charge in [-0.3, -0.25) is 4.79 Å². The molecule has 1 amide bonds. The van der Waals surface area contributed by atoms with E-state index in [-0.39, 0.29) is 16.4 Å². The summed E-state index contributed by atoms with van der Waals surface area (Å²) in [7, 11) is 2.96. The molecule has 2 aromatic carbocycles. The molecule has 0 aliphatic carbocycles. The van der Waals surface area contributed by atoms with E-state index in [1.54, 1.807) is 12.1 Å². The van der Waals surface area contributed by atoms with E-state index in [2.05, 4.69) is 15.3 Å². The van der Waals surface area contributed by atoms with Gasteiger partial charge >= 0.3 is 0 Å². The summed E-state index contributed by atoms with van der Waals surface area (Å²) < 4.78 is 24.4. The molecule has 2 N–H and O–H groups in total. The SMILES string of the molecule is COc1cc2ncnc(NC(=O)c3cc(O)c(Cl)cc3F)c2cc1OC. The van der Waals surface area contributed by atoms with Crippen molar-refractivity contribution < 1.29 is 23.8 Å². The minimum atomic E-state index is -0.872. The zero-order chi connectivity index (χ0) is 18.8. The molecular formula is C17H13ClFN3O4. The second-order valence-electron chi connectivity index (χ2n) is 5.18. The molecule has 0 aliphatic heterocycles. The third-order valence-electron chi connectivity index (χ3n) is 3.65. The molecule has 1 heterocycles. The van der Waals surface area contributed by atoms with Crippen molar-refractivity contribution in [2.75, 3.05) is 19.5 Å². The molecule has 1 aromatic heterocycles. The summed E-state index contributed by atoms with van der Waals surface area (Å²) in [5.41, 5.74) is 0.117. The molecule has 0 saturated carbocycles. The summed E-state index contributed by atoms with van der Waals surface area (Å²) in [5, 5.41) is 12.4. The number of nitrogens with zero attached hydrogens (tertiary/aromatic N) is 2.